The van der Waals surface area contributed by atoms with Crippen LogP contribution in [-0.4, -0.2) is 32.5 Å². The summed E-state index contributed by atoms with van der Waals surface area (Å²) in [4.78, 5) is 1.36. The molecule has 0 N–H and O–H groups in total. The second-order valence-corrected chi connectivity index (χ2v) is 6.00. The lowest BCUT2D eigenvalue weighted by molar-refractivity contribution is -0.266. The maximum atomic E-state index is 14.0. The second-order valence-electron chi connectivity index (χ2n) is 6.00. The van der Waals surface area contributed by atoms with E-state index in [1.165, 1.54) is 32.0 Å². The van der Waals surface area contributed by atoms with Crippen molar-refractivity contribution in [2.45, 2.75) is 31.5 Å². The lowest BCUT2D eigenvalue weighted by Gasteiger charge is -2.32. The molecule has 0 saturated carbocycles. The molecule has 0 spiro atoms. The number of nitrogens with zero attached hydrogens (tertiary/aromatic N) is 1. The molecule has 1 aliphatic rings. The van der Waals surface area contributed by atoms with Gasteiger partial charge < -0.3 is 9.64 Å². The van der Waals surface area contributed by atoms with Crippen LogP contribution in [0.3, 0.4) is 0 Å². The fraction of sp³-hybridized carbons (Fsp3) is 0.600. The van der Waals surface area contributed by atoms with E-state index in [0.717, 1.165) is 13.0 Å². The Bertz CT molecular complexity index is 572. The smallest absolute Gasteiger partial charge is 0.375 e. The van der Waals surface area contributed by atoms with Crippen LogP contribution >= 0.6 is 0 Å². The molecule has 3 atom stereocenters. The first-order valence-corrected chi connectivity index (χ1v) is 6.86. The lowest BCUT2D eigenvalue weighted by Crippen LogP contribution is -2.46. The molecule has 22 heavy (non-hydrogen) atoms. The van der Waals surface area contributed by atoms with Gasteiger partial charge in [0.2, 0.25) is 0 Å². The first kappa shape index (κ1) is 17.0. The lowest BCUT2D eigenvalue weighted by atomic mass is 9.79. The number of anilines is 1. The molecule has 1 aromatic rings. The quantitative estimate of drug-likeness (QED) is 0.760. The number of alkyl halides is 3. The minimum atomic E-state index is -4.53. The van der Waals surface area contributed by atoms with Crippen molar-refractivity contribution in [3.05, 3.63) is 29.3 Å². The Morgan fingerprint density at radius 2 is 1.82 bits per heavy atom. The standard InChI is InChI=1S/C15H18F5NO/c1-8-10(7-22-14(8,2)15(18,19)20)9-5-6-11(16)12(17)13(9)21(3)4/h5-6,8,10H,7H2,1-4H3/t8-,10-,14+/m0/s1. The molecule has 0 bridgehead atoms. The Labute approximate surface area is 125 Å². The van der Waals surface area contributed by atoms with E-state index in [9.17, 15) is 22.0 Å². The van der Waals surface area contributed by atoms with Crippen molar-refractivity contribution < 1.29 is 26.7 Å². The predicted octanol–water partition coefficient (Wildman–Crippen LogP) is 4.10. The van der Waals surface area contributed by atoms with Gasteiger partial charge in [-0.05, 0) is 18.6 Å². The largest absolute Gasteiger partial charge is 0.417 e. The number of ether oxygens (including phenoxy) is 1. The second kappa shape index (κ2) is 5.37. The van der Waals surface area contributed by atoms with E-state index in [1.807, 2.05) is 0 Å². The number of rotatable bonds is 2. The van der Waals surface area contributed by atoms with E-state index >= 15 is 0 Å². The van der Waals surface area contributed by atoms with Gasteiger partial charge in [-0.3, -0.25) is 0 Å². The molecule has 1 aliphatic heterocycles. The molecule has 2 rings (SSSR count). The van der Waals surface area contributed by atoms with E-state index in [2.05, 4.69) is 0 Å². The molecule has 1 saturated heterocycles. The van der Waals surface area contributed by atoms with Gasteiger partial charge in [-0.1, -0.05) is 13.0 Å². The highest BCUT2D eigenvalue weighted by molar-refractivity contribution is 5.56. The van der Waals surface area contributed by atoms with Gasteiger partial charge in [0.25, 0.3) is 0 Å². The summed E-state index contributed by atoms with van der Waals surface area (Å²) in [5, 5.41) is 0. The zero-order valence-electron chi connectivity index (χ0n) is 12.8. The van der Waals surface area contributed by atoms with Crippen LogP contribution < -0.4 is 4.90 Å². The fourth-order valence-electron chi connectivity index (χ4n) is 2.93. The summed E-state index contributed by atoms with van der Waals surface area (Å²) in [5.41, 5.74) is -2.01. The van der Waals surface area contributed by atoms with Crippen molar-refractivity contribution in [2.75, 3.05) is 25.6 Å². The Kier molecular flexibility index (Phi) is 4.14. The average molecular weight is 323 g/mol. The Morgan fingerprint density at radius 3 is 2.27 bits per heavy atom. The van der Waals surface area contributed by atoms with Gasteiger partial charge in [0.1, 0.15) is 0 Å². The van der Waals surface area contributed by atoms with Gasteiger partial charge in [-0.25, -0.2) is 8.78 Å². The highest BCUT2D eigenvalue weighted by atomic mass is 19.4. The Hall–Kier alpha value is -1.37. The summed E-state index contributed by atoms with van der Waals surface area (Å²) in [6, 6.07) is 2.27. The van der Waals surface area contributed by atoms with Crippen molar-refractivity contribution in [1.82, 2.24) is 0 Å². The molecule has 124 valence electrons. The molecule has 0 unspecified atom stereocenters. The third-order valence-corrected chi connectivity index (χ3v) is 4.54. The maximum Gasteiger partial charge on any atom is 0.417 e. The Balaban J connectivity index is 2.49. The third-order valence-electron chi connectivity index (χ3n) is 4.54. The molecular weight excluding hydrogens is 305 g/mol. The summed E-state index contributed by atoms with van der Waals surface area (Å²) >= 11 is 0. The zero-order chi connectivity index (χ0) is 16.9. The van der Waals surface area contributed by atoms with Crippen molar-refractivity contribution in [3.63, 3.8) is 0 Å². The molecule has 1 fully saturated rings. The molecule has 0 aliphatic carbocycles. The van der Waals surface area contributed by atoms with E-state index in [-0.39, 0.29) is 12.3 Å². The number of hydrogen-bond donors (Lipinski definition) is 0. The van der Waals surface area contributed by atoms with E-state index in [0.29, 0.717) is 5.56 Å². The molecular formula is C15H18F5NO. The van der Waals surface area contributed by atoms with Crippen LogP contribution in [0.4, 0.5) is 27.6 Å². The van der Waals surface area contributed by atoms with Crippen LogP contribution in [0, 0.1) is 17.6 Å². The highest BCUT2D eigenvalue weighted by Crippen LogP contribution is 2.51. The summed E-state index contributed by atoms with van der Waals surface area (Å²) in [7, 11) is 3.04. The van der Waals surface area contributed by atoms with Crippen LogP contribution in [0.25, 0.3) is 0 Å². The molecule has 1 aromatic carbocycles. The van der Waals surface area contributed by atoms with Crippen LogP contribution in [0.5, 0.6) is 0 Å². The summed E-state index contributed by atoms with van der Waals surface area (Å²) < 4.78 is 72.2. The zero-order valence-corrected chi connectivity index (χ0v) is 12.8. The van der Waals surface area contributed by atoms with Crippen LogP contribution in [-0.2, 0) is 4.74 Å². The predicted molar refractivity (Wildman–Crippen MR) is 73.0 cm³/mol. The topological polar surface area (TPSA) is 12.5 Å². The van der Waals surface area contributed by atoms with Gasteiger partial charge in [-0.15, -0.1) is 0 Å². The minimum absolute atomic E-state index is 0.0353. The summed E-state index contributed by atoms with van der Waals surface area (Å²) in [5.74, 6) is -3.68. The summed E-state index contributed by atoms with van der Waals surface area (Å²) in [6.45, 7) is 2.22. The molecule has 0 aromatic heterocycles. The molecule has 2 nitrogen and oxygen atoms in total. The van der Waals surface area contributed by atoms with Crippen molar-refractivity contribution in [3.8, 4) is 0 Å². The monoisotopic (exact) mass is 323 g/mol. The first-order valence-electron chi connectivity index (χ1n) is 6.86. The van der Waals surface area contributed by atoms with Gasteiger partial charge in [0, 0.05) is 25.9 Å². The van der Waals surface area contributed by atoms with Gasteiger partial charge in [0.05, 0.1) is 12.3 Å². The molecule has 7 heteroatoms. The first-order chi connectivity index (χ1) is 10.0. The minimum Gasteiger partial charge on any atom is -0.375 e. The normalized spacial score (nSPS) is 29.0. The van der Waals surface area contributed by atoms with Crippen LogP contribution in [0.2, 0.25) is 0 Å². The Morgan fingerprint density at radius 1 is 1.23 bits per heavy atom. The number of halogens is 5. The average Bonchev–Trinajstić information content (AvgIpc) is 2.70. The van der Waals surface area contributed by atoms with Gasteiger partial charge >= 0.3 is 6.18 Å². The highest BCUT2D eigenvalue weighted by Gasteiger charge is 2.61. The van der Waals surface area contributed by atoms with E-state index < -0.39 is 35.2 Å². The van der Waals surface area contributed by atoms with Crippen molar-refractivity contribution in [2.24, 2.45) is 5.92 Å². The van der Waals surface area contributed by atoms with E-state index in [4.69, 9.17) is 4.74 Å². The maximum absolute atomic E-state index is 14.0. The van der Waals surface area contributed by atoms with Crippen LogP contribution in [0.1, 0.15) is 25.3 Å². The third kappa shape index (κ3) is 2.45. The van der Waals surface area contributed by atoms with Crippen LogP contribution in [0.15, 0.2) is 12.1 Å². The molecule has 1 heterocycles. The molecule has 0 radical (unpaired) electrons. The van der Waals surface area contributed by atoms with E-state index in [1.54, 1.807) is 0 Å². The molecule has 0 amide bonds. The number of benzene rings is 1. The fourth-order valence-corrected chi connectivity index (χ4v) is 2.93. The van der Waals surface area contributed by atoms with Crippen molar-refractivity contribution in [1.29, 1.82) is 0 Å². The number of hydrogen-bond acceptors (Lipinski definition) is 2. The van der Waals surface area contributed by atoms with Gasteiger partial charge in [-0.2, -0.15) is 13.2 Å². The van der Waals surface area contributed by atoms with Gasteiger partial charge in [0.15, 0.2) is 17.2 Å². The summed E-state index contributed by atoms with van der Waals surface area (Å²) in [6.07, 6.45) is -4.53. The van der Waals surface area contributed by atoms with Crippen molar-refractivity contribution >= 4 is 5.69 Å². The SMILES string of the molecule is C[C@H]1[C@@H](c2ccc(F)c(F)c2N(C)C)CO[C@@]1(C)C(F)(F)F.